The molecule has 19 heavy (non-hydrogen) atoms. The number of hydrazone groups is 1. The van der Waals surface area contributed by atoms with Crippen molar-refractivity contribution >= 4 is 39.5 Å². The molecule has 0 radical (unpaired) electrons. The fourth-order valence-electron chi connectivity index (χ4n) is 1.38. The first kappa shape index (κ1) is 15.7. The number of thiocarbonyl (C=S) groups is 1. The smallest absolute Gasteiger partial charge is 0.186 e. The number of benzene rings is 1. The second-order valence-corrected chi connectivity index (χ2v) is 4.73. The van der Waals surface area contributed by atoms with Crippen LogP contribution in [0.3, 0.4) is 0 Å². The van der Waals surface area contributed by atoms with E-state index in [1.807, 2.05) is 19.1 Å². The molecule has 7 heteroatoms. The summed E-state index contributed by atoms with van der Waals surface area (Å²) in [6.07, 6.45) is 1.65. The van der Waals surface area contributed by atoms with Crippen LogP contribution in [0.2, 0.25) is 0 Å². The van der Waals surface area contributed by atoms with Gasteiger partial charge in [-0.2, -0.15) is 5.10 Å². The zero-order chi connectivity index (χ0) is 14.3. The summed E-state index contributed by atoms with van der Waals surface area (Å²) in [6, 6.07) is 3.70. The highest BCUT2D eigenvalue weighted by Crippen LogP contribution is 2.35. The summed E-state index contributed by atoms with van der Waals surface area (Å²) in [4.78, 5) is 0. The van der Waals surface area contributed by atoms with E-state index in [0.29, 0.717) is 16.6 Å². The van der Waals surface area contributed by atoms with Crippen molar-refractivity contribution in [3.05, 3.63) is 22.2 Å². The lowest BCUT2D eigenvalue weighted by Crippen LogP contribution is -2.31. The van der Waals surface area contributed by atoms with E-state index >= 15 is 0 Å². The summed E-state index contributed by atoms with van der Waals surface area (Å²) in [6.45, 7) is 2.71. The van der Waals surface area contributed by atoms with Gasteiger partial charge in [-0.1, -0.05) is 0 Å². The number of halogens is 1. The summed E-state index contributed by atoms with van der Waals surface area (Å²) in [7, 11) is 3.18. The molecule has 0 amide bonds. The van der Waals surface area contributed by atoms with Crippen molar-refractivity contribution < 1.29 is 9.47 Å². The average Bonchev–Trinajstić information content (AvgIpc) is 2.38. The van der Waals surface area contributed by atoms with Gasteiger partial charge in [-0.3, -0.25) is 5.43 Å². The Morgan fingerprint density at radius 2 is 2.16 bits per heavy atom. The van der Waals surface area contributed by atoms with E-state index in [2.05, 4.69) is 31.8 Å². The van der Waals surface area contributed by atoms with Crippen molar-refractivity contribution in [2.24, 2.45) is 5.10 Å². The minimum atomic E-state index is 0.485. The SMILES string of the molecule is CCNC(=S)NN=Cc1cc(Br)c(OC)c(OC)c1. The van der Waals surface area contributed by atoms with Crippen LogP contribution >= 0.6 is 28.1 Å². The normalized spacial score (nSPS) is 10.3. The fraction of sp³-hybridized carbons (Fsp3) is 0.333. The molecule has 0 unspecified atom stereocenters. The van der Waals surface area contributed by atoms with Gasteiger partial charge in [0.05, 0.1) is 24.9 Å². The third-order valence-electron chi connectivity index (χ3n) is 2.17. The molecular formula is C12H16BrN3O2S. The van der Waals surface area contributed by atoms with Gasteiger partial charge in [-0.15, -0.1) is 0 Å². The lowest BCUT2D eigenvalue weighted by molar-refractivity contribution is 0.353. The number of nitrogens with zero attached hydrogens (tertiary/aromatic N) is 1. The average molecular weight is 346 g/mol. The molecule has 0 bridgehead atoms. The van der Waals surface area contributed by atoms with E-state index in [4.69, 9.17) is 21.7 Å². The van der Waals surface area contributed by atoms with Crippen molar-refractivity contribution in [3.8, 4) is 11.5 Å². The predicted octanol–water partition coefficient (Wildman–Crippen LogP) is 2.28. The van der Waals surface area contributed by atoms with E-state index < -0.39 is 0 Å². The highest BCUT2D eigenvalue weighted by atomic mass is 79.9. The maximum absolute atomic E-state index is 5.25. The molecule has 5 nitrogen and oxygen atoms in total. The molecule has 0 aromatic heterocycles. The van der Waals surface area contributed by atoms with Gasteiger partial charge < -0.3 is 14.8 Å². The van der Waals surface area contributed by atoms with Crippen LogP contribution in [-0.4, -0.2) is 32.1 Å². The third kappa shape index (κ3) is 4.68. The monoisotopic (exact) mass is 345 g/mol. The molecule has 0 saturated carbocycles. The predicted molar refractivity (Wildman–Crippen MR) is 84.3 cm³/mol. The minimum absolute atomic E-state index is 0.485. The molecule has 0 atom stereocenters. The summed E-state index contributed by atoms with van der Waals surface area (Å²) in [5.74, 6) is 1.28. The third-order valence-corrected chi connectivity index (χ3v) is 3.00. The Morgan fingerprint density at radius 3 is 2.74 bits per heavy atom. The molecule has 0 aliphatic heterocycles. The topological polar surface area (TPSA) is 54.9 Å². The summed E-state index contributed by atoms with van der Waals surface area (Å²) < 4.78 is 11.3. The number of hydrogen-bond acceptors (Lipinski definition) is 4. The number of nitrogens with one attached hydrogen (secondary N) is 2. The van der Waals surface area contributed by atoms with Gasteiger partial charge in [-0.25, -0.2) is 0 Å². The number of hydrogen-bond donors (Lipinski definition) is 2. The fourth-order valence-corrected chi connectivity index (χ4v) is 2.20. The molecule has 2 N–H and O–H groups in total. The van der Waals surface area contributed by atoms with Crippen LogP contribution in [0, 0.1) is 0 Å². The van der Waals surface area contributed by atoms with Gasteiger partial charge in [0.1, 0.15) is 0 Å². The van der Waals surface area contributed by atoms with Gasteiger partial charge in [-0.05, 0) is 52.8 Å². The van der Waals surface area contributed by atoms with Crippen molar-refractivity contribution in [2.45, 2.75) is 6.92 Å². The Balaban J connectivity index is 2.82. The Labute approximate surface area is 126 Å². The van der Waals surface area contributed by atoms with Gasteiger partial charge in [0.15, 0.2) is 16.6 Å². The molecule has 1 aromatic rings. The van der Waals surface area contributed by atoms with Crippen LogP contribution in [0.5, 0.6) is 11.5 Å². The second-order valence-electron chi connectivity index (χ2n) is 3.47. The molecule has 0 fully saturated rings. The molecule has 0 aliphatic carbocycles. The van der Waals surface area contributed by atoms with Crippen molar-refractivity contribution in [1.29, 1.82) is 0 Å². The highest BCUT2D eigenvalue weighted by molar-refractivity contribution is 9.10. The Kier molecular flexibility index (Phi) is 6.58. The molecule has 0 aliphatic rings. The quantitative estimate of drug-likeness (QED) is 0.487. The van der Waals surface area contributed by atoms with Crippen LogP contribution < -0.4 is 20.2 Å². The maximum Gasteiger partial charge on any atom is 0.186 e. The van der Waals surface area contributed by atoms with Crippen LogP contribution in [0.1, 0.15) is 12.5 Å². The minimum Gasteiger partial charge on any atom is -0.493 e. The molecule has 0 spiro atoms. The zero-order valence-corrected chi connectivity index (χ0v) is 13.4. The molecule has 1 aromatic carbocycles. The van der Waals surface area contributed by atoms with Gasteiger partial charge in [0.25, 0.3) is 0 Å². The molecule has 0 saturated heterocycles. The first-order chi connectivity index (χ1) is 9.12. The summed E-state index contributed by atoms with van der Waals surface area (Å²) in [5.41, 5.74) is 3.58. The number of rotatable bonds is 5. The van der Waals surface area contributed by atoms with Crippen LogP contribution in [0.15, 0.2) is 21.7 Å². The first-order valence-electron chi connectivity index (χ1n) is 5.60. The summed E-state index contributed by atoms with van der Waals surface area (Å²) in [5, 5.41) is 7.46. The second kappa shape index (κ2) is 7.96. The van der Waals surface area contributed by atoms with Crippen LogP contribution in [-0.2, 0) is 0 Å². The highest BCUT2D eigenvalue weighted by Gasteiger charge is 2.09. The van der Waals surface area contributed by atoms with E-state index in [9.17, 15) is 0 Å². The molecular weight excluding hydrogens is 330 g/mol. The van der Waals surface area contributed by atoms with E-state index in [1.165, 1.54) is 0 Å². The lowest BCUT2D eigenvalue weighted by Gasteiger charge is -2.10. The van der Waals surface area contributed by atoms with Crippen molar-refractivity contribution in [2.75, 3.05) is 20.8 Å². The van der Waals surface area contributed by atoms with E-state index in [1.54, 1.807) is 20.4 Å². The number of ether oxygens (including phenoxy) is 2. The van der Waals surface area contributed by atoms with E-state index in [-0.39, 0.29) is 0 Å². The summed E-state index contributed by atoms with van der Waals surface area (Å²) >= 11 is 8.41. The zero-order valence-electron chi connectivity index (χ0n) is 11.0. The maximum atomic E-state index is 5.25. The van der Waals surface area contributed by atoms with Crippen molar-refractivity contribution in [1.82, 2.24) is 10.7 Å². The van der Waals surface area contributed by atoms with Gasteiger partial charge in [0, 0.05) is 6.54 Å². The Bertz CT molecular complexity index is 480. The number of methoxy groups -OCH3 is 2. The van der Waals surface area contributed by atoms with E-state index in [0.717, 1.165) is 16.6 Å². The largest absolute Gasteiger partial charge is 0.493 e. The Morgan fingerprint density at radius 1 is 1.42 bits per heavy atom. The first-order valence-corrected chi connectivity index (χ1v) is 6.80. The van der Waals surface area contributed by atoms with Crippen molar-refractivity contribution in [3.63, 3.8) is 0 Å². The van der Waals surface area contributed by atoms with Crippen LogP contribution in [0.4, 0.5) is 0 Å². The lowest BCUT2D eigenvalue weighted by atomic mass is 10.2. The van der Waals surface area contributed by atoms with Gasteiger partial charge >= 0.3 is 0 Å². The van der Waals surface area contributed by atoms with Gasteiger partial charge in [0.2, 0.25) is 0 Å². The standard InChI is InChI=1S/C12H16BrN3O2S/c1-4-14-12(19)16-15-7-8-5-9(13)11(18-3)10(6-8)17-2/h5-7H,4H2,1-3H3,(H2,14,16,19). The molecule has 0 heterocycles. The molecule has 104 valence electrons. The van der Waals surface area contributed by atoms with Crippen LogP contribution in [0.25, 0.3) is 0 Å². The Hall–Kier alpha value is -1.34. The molecule has 1 rings (SSSR count).